The van der Waals surface area contributed by atoms with E-state index in [2.05, 4.69) is 36.9 Å². The summed E-state index contributed by atoms with van der Waals surface area (Å²) in [5.41, 5.74) is 8.82. The molecule has 0 spiro atoms. The lowest BCUT2D eigenvalue weighted by Gasteiger charge is -2.31. The van der Waals surface area contributed by atoms with Gasteiger partial charge in [0.25, 0.3) is 0 Å². The molecule has 1 atom stereocenters. The summed E-state index contributed by atoms with van der Waals surface area (Å²) in [6.45, 7) is 8.30. The number of ether oxygens (including phenoxy) is 1. The predicted molar refractivity (Wildman–Crippen MR) is 88.8 cm³/mol. The summed E-state index contributed by atoms with van der Waals surface area (Å²) in [6.07, 6.45) is 5.99. The van der Waals surface area contributed by atoms with E-state index in [9.17, 15) is 0 Å². The fraction of sp³-hybridized carbons (Fsp3) is 0.667. The molecule has 1 heterocycles. The minimum Gasteiger partial charge on any atom is -0.493 e. The molecule has 1 aliphatic heterocycles. The summed E-state index contributed by atoms with van der Waals surface area (Å²) < 4.78 is 5.61. The Hall–Kier alpha value is -1.06. The lowest BCUT2D eigenvalue weighted by Crippen LogP contribution is -2.35. The number of unbranched alkanes of at least 4 members (excludes halogenated alkanes) is 2. The van der Waals surface area contributed by atoms with Gasteiger partial charge >= 0.3 is 0 Å². The molecule has 0 radical (unpaired) electrons. The highest BCUT2D eigenvalue weighted by Crippen LogP contribution is 2.30. The molecule has 2 N–H and O–H groups in total. The molecule has 1 aromatic carbocycles. The number of nitrogens with zero attached hydrogens (tertiary/aromatic N) is 1. The number of hydrogen-bond donors (Lipinski definition) is 1. The first kappa shape index (κ1) is 16.3. The van der Waals surface area contributed by atoms with Gasteiger partial charge in [0.1, 0.15) is 5.75 Å². The van der Waals surface area contributed by atoms with Crippen molar-refractivity contribution in [1.82, 2.24) is 4.90 Å². The maximum atomic E-state index is 6.12. The maximum Gasteiger partial charge on any atom is 0.122 e. The van der Waals surface area contributed by atoms with Gasteiger partial charge in [-0.1, -0.05) is 38.8 Å². The van der Waals surface area contributed by atoms with Crippen molar-refractivity contribution < 1.29 is 4.74 Å². The van der Waals surface area contributed by atoms with Crippen LogP contribution in [0.3, 0.4) is 0 Å². The molecule has 21 heavy (non-hydrogen) atoms. The summed E-state index contributed by atoms with van der Waals surface area (Å²) in [4.78, 5) is 2.57. The molecule has 2 rings (SSSR count). The van der Waals surface area contributed by atoms with Crippen LogP contribution in [0, 0.1) is 0 Å². The molecule has 3 nitrogen and oxygen atoms in total. The fourth-order valence-electron chi connectivity index (χ4n) is 3.06. The number of hydrogen-bond acceptors (Lipinski definition) is 3. The highest BCUT2D eigenvalue weighted by atomic mass is 16.5. The van der Waals surface area contributed by atoms with Crippen LogP contribution in [-0.2, 0) is 6.42 Å². The molecule has 1 aromatic rings. The Kier molecular flexibility index (Phi) is 6.52. The largest absolute Gasteiger partial charge is 0.493 e. The third-order valence-corrected chi connectivity index (χ3v) is 4.36. The predicted octanol–water partition coefficient (Wildman–Crippen LogP) is 3.52. The molecule has 0 amide bonds. The summed E-state index contributed by atoms with van der Waals surface area (Å²) in [7, 11) is 0. The Morgan fingerprint density at radius 2 is 1.90 bits per heavy atom. The first-order valence-electron chi connectivity index (χ1n) is 8.49. The maximum absolute atomic E-state index is 6.12. The van der Waals surface area contributed by atoms with Crippen LogP contribution in [0.1, 0.15) is 56.7 Å². The fourth-order valence-corrected chi connectivity index (χ4v) is 3.06. The second kappa shape index (κ2) is 8.40. The topological polar surface area (TPSA) is 38.5 Å². The van der Waals surface area contributed by atoms with Gasteiger partial charge in [0, 0.05) is 19.0 Å². The number of fused-ring (bicyclic) bond motifs is 1. The standard InChI is InChI=1S/C18H30N2O/c1-3-5-10-20(11-6-4-2)17(14-19)15-7-8-18-16(13-15)9-12-21-18/h7-8,13,17H,3-6,9-12,14,19H2,1-2H3. The van der Waals surface area contributed by atoms with Gasteiger partial charge in [0.05, 0.1) is 6.61 Å². The van der Waals surface area contributed by atoms with Gasteiger partial charge in [-0.3, -0.25) is 4.90 Å². The molecule has 0 aromatic heterocycles. The van der Waals surface area contributed by atoms with E-state index in [1.807, 2.05) is 0 Å². The van der Waals surface area contributed by atoms with Gasteiger partial charge in [-0.05, 0) is 43.1 Å². The molecular weight excluding hydrogens is 260 g/mol. The summed E-state index contributed by atoms with van der Waals surface area (Å²) in [6, 6.07) is 6.98. The highest BCUT2D eigenvalue weighted by Gasteiger charge is 2.21. The molecule has 3 heteroatoms. The molecule has 1 unspecified atom stereocenters. The normalized spacial score (nSPS) is 15.0. The van der Waals surface area contributed by atoms with Crippen molar-refractivity contribution in [3.8, 4) is 5.75 Å². The smallest absolute Gasteiger partial charge is 0.122 e. The monoisotopic (exact) mass is 290 g/mol. The van der Waals surface area contributed by atoms with Gasteiger partial charge in [0.15, 0.2) is 0 Å². The zero-order valence-electron chi connectivity index (χ0n) is 13.6. The van der Waals surface area contributed by atoms with Crippen molar-refractivity contribution in [3.63, 3.8) is 0 Å². The molecule has 0 saturated carbocycles. The first-order valence-corrected chi connectivity index (χ1v) is 8.49. The Morgan fingerprint density at radius 1 is 1.19 bits per heavy atom. The lowest BCUT2D eigenvalue weighted by molar-refractivity contribution is 0.195. The Bertz CT molecular complexity index is 425. The van der Waals surface area contributed by atoms with Gasteiger partial charge in [-0.25, -0.2) is 0 Å². The van der Waals surface area contributed by atoms with Crippen LogP contribution >= 0.6 is 0 Å². The summed E-state index contributed by atoms with van der Waals surface area (Å²) >= 11 is 0. The van der Waals surface area contributed by atoms with E-state index in [4.69, 9.17) is 10.5 Å². The average Bonchev–Trinajstić information content (AvgIpc) is 2.97. The van der Waals surface area contributed by atoms with E-state index in [-0.39, 0.29) is 0 Å². The van der Waals surface area contributed by atoms with Crippen LogP contribution in [-0.4, -0.2) is 31.1 Å². The Morgan fingerprint density at radius 3 is 2.52 bits per heavy atom. The van der Waals surface area contributed by atoms with Crippen molar-refractivity contribution >= 4 is 0 Å². The molecule has 118 valence electrons. The van der Waals surface area contributed by atoms with E-state index < -0.39 is 0 Å². The summed E-state index contributed by atoms with van der Waals surface area (Å²) in [5, 5.41) is 0. The van der Waals surface area contributed by atoms with E-state index in [1.165, 1.54) is 36.8 Å². The zero-order chi connectivity index (χ0) is 15.1. The minimum absolute atomic E-state index is 0.342. The summed E-state index contributed by atoms with van der Waals surface area (Å²) in [5.74, 6) is 1.06. The quantitative estimate of drug-likeness (QED) is 0.756. The van der Waals surface area contributed by atoms with E-state index in [1.54, 1.807) is 0 Å². The second-order valence-corrected chi connectivity index (χ2v) is 5.96. The van der Waals surface area contributed by atoms with Crippen LogP contribution in [0.15, 0.2) is 18.2 Å². The van der Waals surface area contributed by atoms with Crippen LogP contribution in [0.4, 0.5) is 0 Å². The van der Waals surface area contributed by atoms with E-state index in [0.717, 1.165) is 31.9 Å². The molecule has 0 aliphatic carbocycles. The van der Waals surface area contributed by atoms with Gasteiger partial charge in [0.2, 0.25) is 0 Å². The number of rotatable bonds is 9. The van der Waals surface area contributed by atoms with Crippen LogP contribution in [0.25, 0.3) is 0 Å². The van der Waals surface area contributed by atoms with Crippen molar-refractivity contribution in [2.24, 2.45) is 5.73 Å². The third kappa shape index (κ3) is 4.21. The van der Waals surface area contributed by atoms with E-state index >= 15 is 0 Å². The molecular formula is C18H30N2O. The Balaban J connectivity index is 2.14. The second-order valence-electron chi connectivity index (χ2n) is 5.96. The van der Waals surface area contributed by atoms with Crippen molar-refractivity contribution in [2.45, 2.75) is 52.0 Å². The van der Waals surface area contributed by atoms with Crippen molar-refractivity contribution in [2.75, 3.05) is 26.2 Å². The van der Waals surface area contributed by atoms with Crippen molar-refractivity contribution in [3.05, 3.63) is 29.3 Å². The Labute approximate surface area is 129 Å². The lowest BCUT2D eigenvalue weighted by atomic mass is 10.0. The molecule has 0 fully saturated rings. The van der Waals surface area contributed by atoms with Gasteiger partial charge < -0.3 is 10.5 Å². The van der Waals surface area contributed by atoms with E-state index in [0.29, 0.717) is 12.6 Å². The van der Waals surface area contributed by atoms with Crippen LogP contribution in [0.5, 0.6) is 5.75 Å². The highest BCUT2D eigenvalue weighted by molar-refractivity contribution is 5.40. The average molecular weight is 290 g/mol. The van der Waals surface area contributed by atoms with Crippen LogP contribution in [0.2, 0.25) is 0 Å². The number of nitrogens with two attached hydrogens (primary N) is 1. The number of benzene rings is 1. The third-order valence-electron chi connectivity index (χ3n) is 4.36. The molecule has 0 saturated heterocycles. The minimum atomic E-state index is 0.342. The van der Waals surface area contributed by atoms with Gasteiger partial charge in [-0.2, -0.15) is 0 Å². The molecule has 0 bridgehead atoms. The zero-order valence-corrected chi connectivity index (χ0v) is 13.6. The van der Waals surface area contributed by atoms with Crippen molar-refractivity contribution in [1.29, 1.82) is 0 Å². The van der Waals surface area contributed by atoms with Gasteiger partial charge in [-0.15, -0.1) is 0 Å². The molecule has 1 aliphatic rings. The first-order chi connectivity index (χ1) is 10.3. The SMILES string of the molecule is CCCCN(CCCC)C(CN)c1ccc2c(c1)CCO2. The van der Waals surface area contributed by atoms with Crippen LogP contribution < -0.4 is 10.5 Å².